The fourth-order valence-corrected chi connectivity index (χ4v) is 1.27. The first kappa shape index (κ1) is 11.8. The number of hydrogen-bond acceptors (Lipinski definition) is 2. The average molecular weight is 220 g/mol. The zero-order chi connectivity index (χ0) is 11.6. The van der Waals surface area contributed by atoms with Gasteiger partial charge in [-0.05, 0) is 13.0 Å². The Morgan fingerprint density at radius 3 is 2.60 bits per heavy atom. The van der Waals surface area contributed by atoms with Crippen LogP contribution in [0.25, 0.3) is 0 Å². The van der Waals surface area contributed by atoms with E-state index in [4.69, 9.17) is 5.73 Å². The molecule has 1 rings (SSSR count). The van der Waals surface area contributed by atoms with Crippen molar-refractivity contribution < 1.29 is 13.2 Å². The second-order valence-electron chi connectivity index (χ2n) is 3.20. The van der Waals surface area contributed by atoms with Gasteiger partial charge in [0.05, 0.1) is 0 Å². The molecule has 1 atom stereocenters. The topological polar surface area (TPSA) is 48.0 Å². The maximum absolute atomic E-state index is 12.5. The largest absolute Gasteiger partial charge is 0.410 e. The van der Waals surface area contributed by atoms with Crippen LogP contribution in [0.1, 0.15) is 11.6 Å². The van der Waals surface area contributed by atoms with Crippen LogP contribution in [0.15, 0.2) is 23.1 Å². The summed E-state index contributed by atoms with van der Waals surface area (Å²) in [5, 5.41) is 0. The van der Waals surface area contributed by atoms with Gasteiger partial charge in [0.25, 0.3) is 5.56 Å². The van der Waals surface area contributed by atoms with Crippen molar-refractivity contribution in [2.75, 3.05) is 6.54 Å². The van der Waals surface area contributed by atoms with Crippen LogP contribution in [0, 0.1) is 6.92 Å². The van der Waals surface area contributed by atoms with E-state index in [1.165, 1.54) is 19.1 Å². The third-order valence-electron chi connectivity index (χ3n) is 2.10. The Balaban J connectivity index is 3.25. The Bertz CT molecular complexity index is 397. The molecule has 1 unspecified atom stereocenters. The molecular formula is C9H11F3N2O. The van der Waals surface area contributed by atoms with Crippen molar-refractivity contribution in [3.05, 3.63) is 34.2 Å². The van der Waals surface area contributed by atoms with Crippen LogP contribution in [0.5, 0.6) is 0 Å². The molecule has 6 heteroatoms. The average Bonchev–Trinajstić information content (AvgIpc) is 2.11. The van der Waals surface area contributed by atoms with Crippen molar-refractivity contribution in [2.45, 2.75) is 19.1 Å². The van der Waals surface area contributed by atoms with Crippen LogP contribution in [-0.4, -0.2) is 17.3 Å². The van der Waals surface area contributed by atoms with Gasteiger partial charge in [-0.25, -0.2) is 0 Å². The summed E-state index contributed by atoms with van der Waals surface area (Å²) in [4.78, 5) is 11.4. The summed E-state index contributed by atoms with van der Waals surface area (Å²) >= 11 is 0. The second kappa shape index (κ2) is 4.06. The quantitative estimate of drug-likeness (QED) is 0.814. The molecule has 84 valence electrons. The summed E-state index contributed by atoms with van der Waals surface area (Å²) < 4.78 is 38.1. The molecule has 0 aliphatic carbocycles. The maximum Gasteiger partial charge on any atom is 0.410 e. The van der Waals surface area contributed by atoms with Crippen LogP contribution in [0.4, 0.5) is 13.2 Å². The van der Waals surface area contributed by atoms with E-state index in [2.05, 4.69) is 0 Å². The Kier molecular flexibility index (Phi) is 3.18. The third-order valence-corrected chi connectivity index (χ3v) is 2.10. The predicted octanol–water partition coefficient (Wildman–Crippen LogP) is 1.22. The van der Waals surface area contributed by atoms with Crippen molar-refractivity contribution >= 4 is 0 Å². The zero-order valence-corrected chi connectivity index (χ0v) is 8.08. The molecule has 1 aromatic heterocycles. The highest BCUT2D eigenvalue weighted by Gasteiger charge is 2.40. The van der Waals surface area contributed by atoms with Crippen LogP contribution in [0.3, 0.4) is 0 Å². The Labute approximate surface area is 84.3 Å². The number of aromatic nitrogens is 1. The number of halogens is 3. The van der Waals surface area contributed by atoms with E-state index >= 15 is 0 Å². The molecule has 1 aromatic rings. The van der Waals surface area contributed by atoms with Crippen molar-refractivity contribution in [1.82, 2.24) is 4.57 Å². The Hall–Kier alpha value is -1.30. The number of hydrogen-bond donors (Lipinski definition) is 1. The number of alkyl halides is 3. The van der Waals surface area contributed by atoms with Crippen molar-refractivity contribution in [1.29, 1.82) is 0 Å². The monoisotopic (exact) mass is 220 g/mol. The van der Waals surface area contributed by atoms with E-state index in [1.807, 2.05) is 0 Å². The summed E-state index contributed by atoms with van der Waals surface area (Å²) in [6.07, 6.45) is -3.41. The first-order valence-corrected chi connectivity index (χ1v) is 4.32. The summed E-state index contributed by atoms with van der Waals surface area (Å²) in [7, 11) is 0. The van der Waals surface area contributed by atoms with E-state index in [-0.39, 0.29) is 5.56 Å². The van der Waals surface area contributed by atoms with Gasteiger partial charge in [-0.15, -0.1) is 0 Å². The summed E-state index contributed by atoms with van der Waals surface area (Å²) in [6.45, 7) is 0.815. The molecule has 3 nitrogen and oxygen atoms in total. The Morgan fingerprint density at radius 1 is 1.53 bits per heavy atom. The smallest absolute Gasteiger partial charge is 0.328 e. The second-order valence-corrected chi connectivity index (χ2v) is 3.20. The number of rotatable bonds is 2. The van der Waals surface area contributed by atoms with E-state index in [1.54, 1.807) is 0 Å². The minimum absolute atomic E-state index is 0.264. The highest BCUT2D eigenvalue weighted by molar-refractivity contribution is 5.09. The van der Waals surface area contributed by atoms with Gasteiger partial charge < -0.3 is 10.3 Å². The normalized spacial score (nSPS) is 13.9. The van der Waals surface area contributed by atoms with Crippen LogP contribution in [-0.2, 0) is 0 Å². The molecule has 2 N–H and O–H groups in total. The zero-order valence-electron chi connectivity index (χ0n) is 8.08. The highest BCUT2D eigenvalue weighted by atomic mass is 19.4. The Morgan fingerprint density at radius 2 is 2.13 bits per heavy atom. The standard InChI is InChI=1S/C9H11F3N2O/c1-6-3-2-4-14(8(6)15)7(5-13)9(10,11)12/h2-4,7H,5,13H2,1H3. The first-order chi connectivity index (χ1) is 6.88. The SMILES string of the molecule is Cc1cccn(C(CN)C(F)(F)F)c1=O. The van der Waals surface area contributed by atoms with Crippen LogP contribution < -0.4 is 11.3 Å². The lowest BCUT2D eigenvalue weighted by Crippen LogP contribution is -2.39. The molecule has 0 aliphatic rings. The summed E-state index contributed by atoms with van der Waals surface area (Å²) in [5.41, 5.74) is 4.63. The summed E-state index contributed by atoms with van der Waals surface area (Å²) in [6, 6.07) is 0.901. The molecule has 0 aliphatic heterocycles. The highest BCUT2D eigenvalue weighted by Crippen LogP contribution is 2.28. The van der Waals surface area contributed by atoms with Gasteiger partial charge in [-0.1, -0.05) is 6.07 Å². The fourth-order valence-electron chi connectivity index (χ4n) is 1.27. The molecule has 0 amide bonds. The van der Waals surface area contributed by atoms with Crippen molar-refractivity contribution in [3.63, 3.8) is 0 Å². The number of aryl methyl sites for hydroxylation is 1. The molecule has 0 fully saturated rings. The molecule has 0 radical (unpaired) electrons. The van der Waals surface area contributed by atoms with Gasteiger partial charge >= 0.3 is 6.18 Å². The van der Waals surface area contributed by atoms with Gasteiger partial charge in [0.1, 0.15) is 6.04 Å². The summed E-state index contributed by atoms with van der Waals surface area (Å²) in [5.74, 6) is 0. The van der Waals surface area contributed by atoms with Crippen molar-refractivity contribution in [3.8, 4) is 0 Å². The number of pyridine rings is 1. The van der Waals surface area contributed by atoms with Crippen LogP contribution >= 0.6 is 0 Å². The fraction of sp³-hybridized carbons (Fsp3) is 0.444. The lowest BCUT2D eigenvalue weighted by molar-refractivity contribution is -0.165. The molecule has 0 saturated carbocycles. The lowest BCUT2D eigenvalue weighted by atomic mass is 10.2. The van der Waals surface area contributed by atoms with Gasteiger partial charge in [0.2, 0.25) is 0 Å². The molecular weight excluding hydrogens is 209 g/mol. The van der Waals surface area contributed by atoms with E-state index in [0.717, 1.165) is 6.20 Å². The minimum Gasteiger partial charge on any atom is -0.328 e. The van der Waals surface area contributed by atoms with Crippen molar-refractivity contribution in [2.24, 2.45) is 5.73 Å². The third kappa shape index (κ3) is 2.38. The molecule has 0 bridgehead atoms. The van der Waals surface area contributed by atoms with E-state index in [9.17, 15) is 18.0 Å². The molecule has 0 aromatic carbocycles. The number of nitrogens with zero attached hydrogens (tertiary/aromatic N) is 1. The van der Waals surface area contributed by atoms with E-state index < -0.39 is 24.3 Å². The van der Waals surface area contributed by atoms with Crippen LogP contribution in [0.2, 0.25) is 0 Å². The minimum atomic E-state index is -4.51. The van der Waals surface area contributed by atoms with Gasteiger partial charge in [0, 0.05) is 18.3 Å². The maximum atomic E-state index is 12.5. The molecule has 0 spiro atoms. The van der Waals surface area contributed by atoms with Gasteiger partial charge in [0.15, 0.2) is 0 Å². The molecule has 1 heterocycles. The lowest BCUT2D eigenvalue weighted by Gasteiger charge is -2.21. The molecule has 15 heavy (non-hydrogen) atoms. The van der Waals surface area contributed by atoms with E-state index in [0.29, 0.717) is 4.57 Å². The number of nitrogens with two attached hydrogens (primary N) is 1. The first-order valence-electron chi connectivity index (χ1n) is 4.32. The van der Waals surface area contributed by atoms with Gasteiger partial charge in [-0.2, -0.15) is 13.2 Å². The predicted molar refractivity (Wildman–Crippen MR) is 49.6 cm³/mol. The molecule has 0 saturated heterocycles. The van der Waals surface area contributed by atoms with Gasteiger partial charge in [-0.3, -0.25) is 4.79 Å².